The lowest BCUT2D eigenvalue weighted by molar-refractivity contribution is -0.192. The van der Waals surface area contributed by atoms with E-state index >= 15 is 0 Å². The predicted molar refractivity (Wildman–Crippen MR) is 136 cm³/mol. The van der Waals surface area contributed by atoms with Gasteiger partial charge in [-0.2, -0.15) is 0 Å². The fourth-order valence-electron chi connectivity index (χ4n) is 10.4. The number of hydrogen-bond donors (Lipinski definition) is 0. The van der Waals surface area contributed by atoms with Crippen molar-refractivity contribution < 1.29 is 19.1 Å². The van der Waals surface area contributed by atoms with Gasteiger partial charge in [-0.25, -0.2) is 0 Å². The van der Waals surface area contributed by atoms with Gasteiger partial charge >= 0.3 is 5.97 Å². The molecule has 4 fully saturated rings. The zero-order valence-electron chi connectivity index (χ0n) is 23.3. The molecule has 0 aliphatic heterocycles. The Balaban J connectivity index is 1.65. The first kappa shape index (κ1) is 25.2. The second-order valence-electron chi connectivity index (χ2n) is 15.0. The SMILES string of the molecule is COC(=O)[C@]12CCC(C)(C)C[C@@H]1[C@H]1C(=O)C=C3[C@@]4(C)CCC(=O)C(C)(C)C4CC[C@@]3(C)[C@]1(C)CC2. The van der Waals surface area contributed by atoms with Gasteiger partial charge in [-0.3, -0.25) is 14.4 Å². The molecule has 5 aliphatic carbocycles. The van der Waals surface area contributed by atoms with Crippen molar-refractivity contribution in [3.05, 3.63) is 11.6 Å². The van der Waals surface area contributed by atoms with Gasteiger partial charge in [-0.15, -0.1) is 0 Å². The molecule has 0 spiro atoms. The molecule has 0 heterocycles. The number of ketones is 2. The first-order valence-electron chi connectivity index (χ1n) is 14.0. The van der Waals surface area contributed by atoms with Crippen LogP contribution in [0.5, 0.6) is 0 Å². The molecule has 0 aromatic rings. The third kappa shape index (κ3) is 3.00. The van der Waals surface area contributed by atoms with E-state index in [0.717, 1.165) is 51.4 Å². The Labute approximate surface area is 212 Å². The van der Waals surface area contributed by atoms with Gasteiger partial charge in [-0.05, 0) is 90.9 Å². The number of esters is 1. The Kier molecular flexibility index (Phi) is 5.27. The number of carbonyl (C=O) groups excluding carboxylic acids is 3. The molecule has 4 saturated carbocycles. The third-order valence-electron chi connectivity index (χ3n) is 12.7. The molecule has 0 radical (unpaired) electrons. The van der Waals surface area contributed by atoms with Gasteiger partial charge in [0.25, 0.3) is 0 Å². The summed E-state index contributed by atoms with van der Waals surface area (Å²) in [7, 11) is 1.51. The van der Waals surface area contributed by atoms with Crippen molar-refractivity contribution in [2.75, 3.05) is 7.11 Å². The number of allylic oxidation sites excluding steroid dienone is 2. The van der Waals surface area contributed by atoms with Crippen LogP contribution in [-0.2, 0) is 19.1 Å². The summed E-state index contributed by atoms with van der Waals surface area (Å²) in [6, 6.07) is 0. The van der Waals surface area contributed by atoms with Gasteiger partial charge < -0.3 is 4.74 Å². The van der Waals surface area contributed by atoms with E-state index in [9.17, 15) is 14.4 Å². The minimum atomic E-state index is -0.536. The van der Waals surface area contributed by atoms with E-state index in [-0.39, 0.29) is 56.6 Å². The van der Waals surface area contributed by atoms with E-state index < -0.39 is 5.41 Å². The Morgan fingerprint density at radius 1 is 0.914 bits per heavy atom. The quantitative estimate of drug-likeness (QED) is 0.390. The zero-order valence-corrected chi connectivity index (χ0v) is 23.3. The number of ether oxygens (including phenoxy) is 1. The van der Waals surface area contributed by atoms with Gasteiger partial charge in [0.15, 0.2) is 5.78 Å². The molecule has 1 unspecified atom stereocenters. The zero-order chi connectivity index (χ0) is 25.8. The maximum atomic E-state index is 14.3. The van der Waals surface area contributed by atoms with Crippen LogP contribution in [0.25, 0.3) is 0 Å². The van der Waals surface area contributed by atoms with Crippen LogP contribution >= 0.6 is 0 Å². The highest BCUT2D eigenvalue weighted by Crippen LogP contribution is 2.74. The Hall–Kier alpha value is -1.45. The van der Waals surface area contributed by atoms with E-state index in [4.69, 9.17) is 4.74 Å². The van der Waals surface area contributed by atoms with Crippen molar-refractivity contribution in [3.8, 4) is 0 Å². The molecule has 0 amide bonds. The van der Waals surface area contributed by atoms with E-state index in [2.05, 4.69) is 48.5 Å². The minimum Gasteiger partial charge on any atom is -0.469 e. The van der Waals surface area contributed by atoms with Gasteiger partial charge in [0.2, 0.25) is 0 Å². The maximum Gasteiger partial charge on any atom is 0.312 e. The second-order valence-corrected chi connectivity index (χ2v) is 15.0. The minimum absolute atomic E-state index is 0.0227. The van der Waals surface area contributed by atoms with Gasteiger partial charge in [0, 0.05) is 17.8 Å². The highest BCUT2D eigenvalue weighted by molar-refractivity contribution is 5.96. The molecular formula is C31H46O4. The largest absolute Gasteiger partial charge is 0.469 e. The number of hydrogen-bond acceptors (Lipinski definition) is 4. The number of Topliss-reactive ketones (excluding diaryl/α,β-unsaturated/α-hetero) is 1. The van der Waals surface area contributed by atoms with Crippen molar-refractivity contribution in [2.45, 2.75) is 106 Å². The summed E-state index contributed by atoms with van der Waals surface area (Å²) in [5.41, 5.74) is 0.119. The summed E-state index contributed by atoms with van der Waals surface area (Å²) in [6.07, 6.45) is 9.92. The average molecular weight is 483 g/mol. The molecule has 35 heavy (non-hydrogen) atoms. The lowest BCUT2D eigenvalue weighted by atomic mass is 9.34. The highest BCUT2D eigenvalue weighted by atomic mass is 16.5. The normalized spacial score (nSPS) is 48.0. The van der Waals surface area contributed by atoms with Crippen molar-refractivity contribution in [1.82, 2.24) is 0 Å². The Bertz CT molecular complexity index is 1020. The molecule has 194 valence electrons. The van der Waals surface area contributed by atoms with Gasteiger partial charge in [-0.1, -0.05) is 54.0 Å². The fourth-order valence-corrected chi connectivity index (χ4v) is 10.4. The summed E-state index contributed by atoms with van der Waals surface area (Å²) in [6.45, 7) is 16.0. The number of methoxy groups -OCH3 is 1. The number of fused-ring (bicyclic) bond motifs is 7. The molecule has 0 saturated heterocycles. The second kappa shape index (κ2) is 7.32. The molecule has 5 rings (SSSR count). The topological polar surface area (TPSA) is 60.4 Å². The molecule has 0 bridgehead atoms. The maximum absolute atomic E-state index is 14.3. The molecule has 4 heteroatoms. The number of rotatable bonds is 1. The van der Waals surface area contributed by atoms with Crippen molar-refractivity contribution in [2.24, 2.45) is 50.2 Å². The summed E-state index contributed by atoms with van der Waals surface area (Å²) < 4.78 is 5.42. The Morgan fingerprint density at radius 3 is 2.23 bits per heavy atom. The average Bonchev–Trinajstić information content (AvgIpc) is 2.77. The lowest BCUT2D eigenvalue weighted by Gasteiger charge is -2.69. The highest BCUT2D eigenvalue weighted by Gasteiger charge is 2.71. The van der Waals surface area contributed by atoms with Crippen LogP contribution in [0.1, 0.15) is 106 Å². The fraction of sp³-hybridized carbons (Fsp3) is 0.839. The molecule has 0 aromatic heterocycles. The van der Waals surface area contributed by atoms with Crippen molar-refractivity contribution in [3.63, 3.8) is 0 Å². The van der Waals surface area contributed by atoms with Crippen molar-refractivity contribution >= 4 is 17.5 Å². The first-order chi connectivity index (χ1) is 16.1. The first-order valence-corrected chi connectivity index (χ1v) is 14.0. The van der Waals surface area contributed by atoms with Gasteiger partial charge in [0.1, 0.15) is 5.78 Å². The molecule has 0 N–H and O–H groups in total. The molecule has 5 aliphatic rings. The van der Waals surface area contributed by atoms with Crippen LogP contribution < -0.4 is 0 Å². The van der Waals surface area contributed by atoms with E-state index in [0.29, 0.717) is 12.2 Å². The summed E-state index contributed by atoms with van der Waals surface area (Å²) in [5.74, 6) is 0.648. The lowest BCUT2D eigenvalue weighted by Crippen LogP contribution is -2.66. The molecular weight excluding hydrogens is 436 g/mol. The Morgan fingerprint density at radius 2 is 1.57 bits per heavy atom. The van der Waals surface area contributed by atoms with E-state index in [1.807, 2.05) is 6.08 Å². The molecule has 4 nitrogen and oxygen atoms in total. The van der Waals surface area contributed by atoms with Crippen molar-refractivity contribution in [1.29, 1.82) is 0 Å². The van der Waals surface area contributed by atoms with Crippen LogP contribution in [0.4, 0.5) is 0 Å². The summed E-state index contributed by atoms with van der Waals surface area (Å²) in [4.78, 5) is 40.6. The number of carbonyl (C=O) groups is 3. The standard InChI is InChI=1S/C31H46O4/c1-26(2)13-15-31(25(34)35-8)16-14-30(7)24(19(31)18-26)20(32)17-22-28(5)11-10-23(33)27(3,4)21(28)9-12-29(22,30)6/h17,19,21,24H,9-16,18H2,1-8H3/t19-,21?,24+,28+,29-,30-,31+/m1/s1. The smallest absolute Gasteiger partial charge is 0.312 e. The van der Waals surface area contributed by atoms with E-state index in [1.165, 1.54) is 12.7 Å². The predicted octanol–water partition coefficient (Wildman–Crippen LogP) is 6.71. The monoisotopic (exact) mass is 482 g/mol. The van der Waals surface area contributed by atoms with Crippen LogP contribution in [-0.4, -0.2) is 24.6 Å². The summed E-state index contributed by atoms with van der Waals surface area (Å²) in [5, 5.41) is 0. The third-order valence-corrected chi connectivity index (χ3v) is 12.7. The molecule has 0 aromatic carbocycles. The van der Waals surface area contributed by atoms with E-state index in [1.54, 1.807) is 0 Å². The summed E-state index contributed by atoms with van der Waals surface area (Å²) >= 11 is 0. The van der Waals surface area contributed by atoms with Crippen LogP contribution in [0, 0.1) is 50.2 Å². The van der Waals surface area contributed by atoms with Gasteiger partial charge in [0.05, 0.1) is 12.5 Å². The van der Waals surface area contributed by atoms with Crippen LogP contribution in [0.3, 0.4) is 0 Å². The van der Waals surface area contributed by atoms with Crippen LogP contribution in [0.2, 0.25) is 0 Å². The molecule has 7 atom stereocenters. The van der Waals surface area contributed by atoms with Crippen LogP contribution in [0.15, 0.2) is 11.6 Å².